The summed E-state index contributed by atoms with van der Waals surface area (Å²) < 4.78 is 0. The molecular formula is C10H16N2O3. The van der Waals surface area contributed by atoms with Crippen LogP contribution in [0.1, 0.15) is 23.8 Å². The lowest BCUT2D eigenvalue weighted by Gasteiger charge is -2.17. The molecule has 5 heteroatoms. The highest BCUT2D eigenvalue weighted by atomic mass is 16.3. The lowest BCUT2D eigenvalue weighted by atomic mass is 10.1. The van der Waals surface area contributed by atoms with E-state index >= 15 is 0 Å². The number of nitrogens with two attached hydrogens (primary N) is 1. The fourth-order valence-electron chi connectivity index (χ4n) is 1.32. The van der Waals surface area contributed by atoms with Gasteiger partial charge in [-0.25, -0.2) is 0 Å². The van der Waals surface area contributed by atoms with Gasteiger partial charge in [0.25, 0.3) is 0 Å². The molecule has 5 nitrogen and oxygen atoms in total. The molecule has 2 atom stereocenters. The van der Waals surface area contributed by atoms with Gasteiger partial charge in [-0.3, -0.25) is 4.98 Å². The van der Waals surface area contributed by atoms with Crippen molar-refractivity contribution in [2.75, 3.05) is 12.3 Å². The first-order chi connectivity index (χ1) is 7.06. The van der Waals surface area contributed by atoms with Crippen molar-refractivity contribution in [2.24, 2.45) is 0 Å². The summed E-state index contributed by atoms with van der Waals surface area (Å²) >= 11 is 0. The predicted molar refractivity (Wildman–Crippen MR) is 56.1 cm³/mol. The first kappa shape index (κ1) is 11.9. The number of rotatable bonds is 4. The summed E-state index contributed by atoms with van der Waals surface area (Å²) in [5, 5.41) is 27.8. The molecule has 0 bridgehead atoms. The molecule has 0 spiro atoms. The first-order valence-corrected chi connectivity index (χ1v) is 4.75. The molecule has 0 fully saturated rings. The fourth-order valence-corrected chi connectivity index (χ4v) is 1.32. The smallest absolute Gasteiger partial charge is 0.124 e. The van der Waals surface area contributed by atoms with E-state index in [1.807, 2.05) is 6.92 Å². The Kier molecular flexibility index (Phi) is 4.02. The van der Waals surface area contributed by atoms with Gasteiger partial charge < -0.3 is 21.1 Å². The van der Waals surface area contributed by atoms with Gasteiger partial charge in [0.1, 0.15) is 6.10 Å². The summed E-state index contributed by atoms with van der Waals surface area (Å²) in [5.41, 5.74) is 7.15. The van der Waals surface area contributed by atoms with Crippen LogP contribution < -0.4 is 5.73 Å². The Hall–Kier alpha value is -1.17. The van der Waals surface area contributed by atoms with Crippen molar-refractivity contribution in [2.45, 2.75) is 25.6 Å². The van der Waals surface area contributed by atoms with Gasteiger partial charge in [0.15, 0.2) is 0 Å². The Morgan fingerprint density at radius 2 is 2.13 bits per heavy atom. The SMILES string of the molecule is Cc1cnc(C(O)C(O)CCO)c(N)c1. The number of nitrogen functional groups attached to an aromatic ring is 1. The second-order valence-electron chi connectivity index (χ2n) is 3.51. The molecule has 1 heterocycles. The number of anilines is 1. The standard InChI is InChI=1S/C10H16N2O3/c1-6-4-7(11)9(12-5-6)10(15)8(14)2-3-13/h4-5,8,10,13-15H,2-3,11H2,1H3. The van der Waals surface area contributed by atoms with Crippen LogP contribution in [-0.2, 0) is 0 Å². The summed E-state index contributed by atoms with van der Waals surface area (Å²) in [7, 11) is 0. The van der Waals surface area contributed by atoms with E-state index in [-0.39, 0.29) is 18.7 Å². The maximum atomic E-state index is 9.69. The number of aromatic nitrogens is 1. The minimum Gasteiger partial charge on any atom is -0.397 e. The van der Waals surface area contributed by atoms with Gasteiger partial charge in [-0.15, -0.1) is 0 Å². The summed E-state index contributed by atoms with van der Waals surface area (Å²) in [6.45, 7) is 1.65. The van der Waals surface area contributed by atoms with Crippen LogP contribution in [-0.4, -0.2) is 33.0 Å². The van der Waals surface area contributed by atoms with E-state index in [1.165, 1.54) is 0 Å². The van der Waals surface area contributed by atoms with Crippen molar-refractivity contribution in [1.82, 2.24) is 4.98 Å². The number of hydrogen-bond donors (Lipinski definition) is 4. The van der Waals surface area contributed by atoms with Crippen molar-refractivity contribution in [3.05, 3.63) is 23.5 Å². The second-order valence-corrected chi connectivity index (χ2v) is 3.51. The normalized spacial score (nSPS) is 14.9. The van der Waals surface area contributed by atoms with Gasteiger partial charge in [0.2, 0.25) is 0 Å². The molecule has 0 amide bonds. The van der Waals surface area contributed by atoms with Crippen LogP contribution >= 0.6 is 0 Å². The zero-order valence-corrected chi connectivity index (χ0v) is 8.59. The van der Waals surface area contributed by atoms with Gasteiger partial charge >= 0.3 is 0 Å². The molecule has 0 saturated carbocycles. The Morgan fingerprint density at radius 3 is 2.67 bits per heavy atom. The number of nitrogens with zero attached hydrogens (tertiary/aromatic N) is 1. The predicted octanol–water partition coefficient (Wildman–Crippen LogP) is -0.251. The van der Waals surface area contributed by atoms with Crippen LogP contribution in [0.5, 0.6) is 0 Å². The van der Waals surface area contributed by atoms with E-state index < -0.39 is 12.2 Å². The molecular weight excluding hydrogens is 196 g/mol. The molecule has 5 N–H and O–H groups in total. The molecule has 0 aliphatic rings. The fraction of sp³-hybridized carbons (Fsp3) is 0.500. The van der Waals surface area contributed by atoms with Gasteiger partial charge in [0.05, 0.1) is 17.5 Å². The van der Waals surface area contributed by atoms with E-state index in [0.29, 0.717) is 5.69 Å². The van der Waals surface area contributed by atoms with E-state index in [4.69, 9.17) is 10.8 Å². The average Bonchev–Trinajstić information content (AvgIpc) is 2.17. The number of aliphatic hydroxyl groups is 3. The van der Waals surface area contributed by atoms with Crippen LogP contribution in [0.3, 0.4) is 0 Å². The molecule has 0 saturated heterocycles. The first-order valence-electron chi connectivity index (χ1n) is 4.75. The van der Waals surface area contributed by atoms with Gasteiger partial charge in [-0.05, 0) is 25.0 Å². The Labute approximate surface area is 88.2 Å². The summed E-state index contributed by atoms with van der Waals surface area (Å²) in [6.07, 6.45) is -0.540. The van der Waals surface area contributed by atoms with Crippen LogP contribution in [0.2, 0.25) is 0 Å². The lowest BCUT2D eigenvalue weighted by molar-refractivity contribution is 0.00233. The van der Waals surface area contributed by atoms with Crippen LogP contribution in [0, 0.1) is 6.92 Å². The van der Waals surface area contributed by atoms with Crippen molar-refractivity contribution in [3.8, 4) is 0 Å². The Morgan fingerprint density at radius 1 is 1.47 bits per heavy atom. The molecule has 0 aromatic carbocycles. The minimum absolute atomic E-state index is 0.0934. The maximum absolute atomic E-state index is 9.69. The van der Waals surface area contributed by atoms with Crippen LogP contribution in [0.15, 0.2) is 12.3 Å². The third-order valence-corrected chi connectivity index (χ3v) is 2.16. The minimum atomic E-state index is -1.15. The van der Waals surface area contributed by atoms with E-state index in [0.717, 1.165) is 5.56 Å². The largest absolute Gasteiger partial charge is 0.397 e. The van der Waals surface area contributed by atoms with Crippen molar-refractivity contribution in [3.63, 3.8) is 0 Å². The van der Waals surface area contributed by atoms with E-state index in [1.54, 1.807) is 12.3 Å². The van der Waals surface area contributed by atoms with Gasteiger partial charge in [-0.1, -0.05) is 0 Å². The van der Waals surface area contributed by atoms with Gasteiger partial charge in [0, 0.05) is 12.8 Å². The number of aryl methyl sites for hydroxylation is 1. The lowest BCUT2D eigenvalue weighted by Crippen LogP contribution is -2.21. The highest BCUT2D eigenvalue weighted by Crippen LogP contribution is 2.22. The number of pyridine rings is 1. The second kappa shape index (κ2) is 5.06. The Bertz CT molecular complexity index is 330. The number of hydrogen-bond acceptors (Lipinski definition) is 5. The molecule has 0 aliphatic heterocycles. The van der Waals surface area contributed by atoms with E-state index in [9.17, 15) is 10.2 Å². The van der Waals surface area contributed by atoms with Crippen LogP contribution in [0.4, 0.5) is 5.69 Å². The van der Waals surface area contributed by atoms with Crippen LogP contribution in [0.25, 0.3) is 0 Å². The van der Waals surface area contributed by atoms with Crippen molar-refractivity contribution < 1.29 is 15.3 Å². The highest BCUT2D eigenvalue weighted by Gasteiger charge is 2.21. The topological polar surface area (TPSA) is 99.6 Å². The molecule has 84 valence electrons. The highest BCUT2D eigenvalue weighted by molar-refractivity contribution is 5.45. The molecule has 2 unspecified atom stereocenters. The average molecular weight is 212 g/mol. The quantitative estimate of drug-likeness (QED) is 0.551. The molecule has 1 rings (SSSR count). The van der Waals surface area contributed by atoms with Crippen molar-refractivity contribution in [1.29, 1.82) is 0 Å². The maximum Gasteiger partial charge on any atom is 0.124 e. The summed E-state index contributed by atoms with van der Waals surface area (Å²) in [4.78, 5) is 3.96. The molecule has 0 radical (unpaired) electrons. The van der Waals surface area contributed by atoms with Crippen molar-refractivity contribution >= 4 is 5.69 Å². The molecule has 1 aromatic heterocycles. The molecule has 0 aliphatic carbocycles. The zero-order valence-electron chi connectivity index (χ0n) is 8.59. The van der Waals surface area contributed by atoms with Gasteiger partial charge in [-0.2, -0.15) is 0 Å². The zero-order chi connectivity index (χ0) is 11.4. The third-order valence-electron chi connectivity index (χ3n) is 2.16. The summed E-state index contributed by atoms with van der Waals surface area (Å²) in [5.74, 6) is 0. The summed E-state index contributed by atoms with van der Waals surface area (Å²) in [6, 6.07) is 1.68. The van der Waals surface area contributed by atoms with E-state index in [2.05, 4.69) is 4.98 Å². The number of aliphatic hydroxyl groups excluding tert-OH is 3. The Balaban J connectivity index is 2.86. The molecule has 15 heavy (non-hydrogen) atoms. The molecule has 1 aromatic rings. The third kappa shape index (κ3) is 2.89. The monoisotopic (exact) mass is 212 g/mol.